The van der Waals surface area contributed by atoms with E-state index in [1.54, 1.807) is 22.1 Å². The van der Waals surface area contributed by atoms with Gasteiger partial charge in [-0.25, -0.2) is 4.79 Å². The molecule has 3 amide bonds. The minimum Gasteiger partial charge on any atom is -0.372 e. The first-order valence-corrected chi connectivity index (χ1v) is 16.9. The lowest BCUT2D eigenvalue weighted by molar-refractivity contribution is -0.153. The third-order valence-corrected chi connectivity index (χ3v) is 9.72. The minimum atomic E-state index is -0.599. The molecule has 11 nitrogen and oxygen atoms in total. The molecule has 4 heterocycles. The molecule has 0 aromatic heterocycles. The molecule has 1 unspecified atom stereocenters. The molecule has 0 bridgehead atoms. The maximum Gasteiger partial charge on any atom is 0.357 e. The van der Waals surface area contributed by atoms with Gasteiger partial charge in [0.2, 0.25) is 11.8 Å². The Morgan fingerprint density at radius 1 is 0.854 bits per heavy atom. The molecule has 4 aliphatic heterocycles. The van der Waals surface area contributed by atoms with Crippen LogP contribution in [0.4, 0.5) is 5.69 Å². The van der Waals surface area contributed by atoms with E-state index in [2.05, 4.69) is 45.4 Å². The van der Waals surface area contributed by atoms with Crippen molar-refractivity contribution in [3.05, 3.63) is 101 Å². The van der Waals surface area contributed by atoms with E-state index in [1.165, 1.54) is 5.56 Å². The number of fused-ring (bicyclic) bond motifs is 1. The Morgan fingerprint density at radius 3 is 2.40 bits per heavy atom. The standard InChI is InChI=1S/C37H41N5O6/c43-34-15-14-33(35(44)38-34)42-23-29-21-30(12-13-32(29)36(42)45)40-19-17-39(18-20-40)22-26-8-10-27(11-9-26)25-47-31-7-4-16-41(24-31)48-37(46)28-5-2-1-3-6-28/h1-3,5-6,8-13,21,31,33H,4,7,14-20,22-25H2,(H,38,43,44)/t31-,33?/m1/s1. The Balaban J connectivity index is 0.853. The van der Waals surface area contributed by atoms with Gasteiger partial charge in [0.15, 0.2) is 0 Å². The molecule has 0 radical (unpaired) electrons. The fourth-order valence-electron chi connectivity index (χ4n) is 7.00. The molecule has 3 aromatic rings. The van der Waals surface area contributed by atoms with E-state index in [1.807, 2.05) is 30.3 Å². The van der Waals surface area contributed by atoms with Crippen molar-refractivity contribution in [2.75, 3.05) is 44.2 Å². The number of piperidine rings is 2. The monoisotopic (exact) mass is 651 g/mol. The maximum absolute atomic E-state index is 13.1. The van der Waals surface area contributed by atoms with E-state index < -0.39 is 6.04 Å². The summed E-state index contributed by atoms with van der Waals surface area (Å²) in [5.41, 5.74) is 5.58. The zero-order valence-electron chi connectivity index (χ0n) is 27.0. The molecule has 1 N–H and O–H groups in total. The van der Waals surface area contributed by atoms with E-state index in [9.17, 15) is 19.2 Å². The van der Waals surface area contributed by atoms with Crippen LogP contribution in [0.5, 0.6) is 0 Å². The number of hydroxylamine groups is 2. The highest BCUT2D eigenvalue weighted by Gasteiger charge is 2.39. The Hall–Kier alpha value is -4.58. The number of nitrogens with one attached hydrogen (secondary N) is 1. The molecule has 48 heavy (non-hydrogen) atoms. The van der Waals surface area contributed by atoms with Gasteiger partial charge >= 0.3 is 5.97 Å². The van der Waals surface area contributed by atoms with Gasteiger partial charge in [-0.15, -0.1) is 5.06 Å². The van der Waals surface area contributed by atoms with E-state index in [0.717, 1.165) is 62.4 Å². The van der Waals surface area contributed by atoms with Crippen molar-refractivity contribution in [2.45, 2.75) is 57.5 Å². The summed E-state index contributed by atoms with van der Waals surface area (Å²) in [6.07, 6.45) is 2.47. The summed E-state index contributed by atoms with van der Waals surface area (Å²) in [6, 6.07) is 23.0. The zero-order valence-corrected chi connectivity index (χ0v) is 27.0. The first-order valence-electron chi connectivity index (χ1n) is 16.9. The molecular weight excluding hydrogens is 610 g/mol. The zero-order chi connectivity index (χ0) is 33.0. The van der Waals surface area contributed by atoms with Gasteiger partial charge in [-0.2, -0.15) is 0 Å². The van der Waals surface area contributed by atoms with Crippen LogP contribution < -0.4 is 10.2 Å². The highest BCUT2D eigenvalue weighted by Crippen LogP contribution is 2.31. The van der Waals surface area contributed by atoms with E-state index in [0.29, 0.717) is 43.8 Å². The average molecular weight is 652 g/mol. The first-order chi connectivity index (χ1) is 23.4. The number of carbonyl (C=O) groups excluding carboxylic acids is 4. The molecule has 4 aliphatic rings. The van der Waals surface area contributed by atoms with Crippen LogP contribution in [0.3, 0.4) is 0 Å². The minimum absolute atomic E-state index is 0.00808. The summed E-state index contributed by atoms with van der Waals surface area (Å²) in [4.78, 5) is 61.5. The molecule has 3 fully saturated rings. The van der Waals surface area contributed by atoms with Gasteiger partial charge in [0.05, 0.1) is 24.8 Å². The summed E-state index contributed by atoms with van der Waals surface area (Å²) in [7, 11) is 0. The molecule has 2 atom stereocenters. The number of hydrogen-bond donors (Lipinski definition) is 1. The van der Waals surface area contributed by atoms with E-state index in [-0.39, 0.29) is 36.2 Å². The SMILES string of the molecule is O=C1CCC(N2Cc3cc(N4CCN(Cc5ccc(CO[C@@H]6CCCN(OC(=O)c7ccccc7)C6)cc5)CC4)ccc3C2=O)C(=O)N1. The number of anilines is 1. The molecule has 0 aliphatic carbocycles. The summed E-state index contributed by atoms with van der Waals surface area (Å²) in [6.45, 7) is 6.67. The van der Waals surface area contributed by atoms with Crippen LogP contribution in [-0.2, 0) is 38.9 Å². The van der Waals surface area contributed by atoms with Crippen LogP contribution in [0.1, 0.15) is 63.1 Å². The number of nitrogens with zero attached hydrogens (tertiary/aromatic N) is 4. The molecule has 7 rings (SSSR count). The lowest BCUT2D eigenvalue weighted by Crippen LogP contribution is -2.52. The summed E-state index contributed by atoms with van der Waals surface area (Å²) < 4.78 is 6.21. The summed E-state index contributed by atoms with van der Waals surface area (Å²) >= 11 is 0. The van der Waals surface area contributed by atoms with Crippen LogP contribution in [0.25, 0.3) is 0 Å². The average Bonchev–Trinajstić information content (AvgIpc) is 3.43. The molecule has 0 saturated carbocycles. The van der Waals surface area contributed by atoms with Crippen molar-refractivity contribution < 1.29 is 28.8 Å². The Kier molecular flexibility index (Phi) is 9.51. The third kappa shape index (κ3) is 7.28. The van der Waals surface area contributed by atoms with Crippen molar-refractivity contribution in [3.8, 4) is 0 Å². The van der Waals surface area contributed by atoms with Gasteiger partial charge in [0.25, 0.3) is 5.91 Å². The first kappa shape index (κ1) is 32.0. The van der Waals surface area contributed by atoms with Gasteiger partial charge in [-0.05, 0) is 66.3 Å². The normalized spacial score (nSPS) is 22.0. The van der Waals surface area contributed by atoms with Crippen molar-refractivity contribution in [2.24, 2.45) is 0 Å². The highest BCUT2D eigenvalue weighted by atomic mass is 16.7. The fraction of sp³-hybridized carbons (Fsp3) is 0.405. The van der Waals surface area contributed by atoms with Crippen molar-refractivity contribution >= 4 is 29.4 Å². The van der Waals surface area contributed by atoms with Crippen LogP contribution in [0.2, 0.25) is 0 Å². The van der Waals surface area contributed by atoms with E-state index in [4.69, 9.17) is 9.57 Å². The number of ether oxygens (including phenoxy) is 1. The number of piperazine rings is 1. The lowest BCUT2D eigenvalue weighted by Gasteiger charge is -2.36. The molecule has 250 valence electrons. The Bertz CT molecular complexity index is 1660. The second kappa shape index (κ2) is 14.3. The molecule has 3 saturated heterocycles. The van der Waals surface area contributed by atoms with Gasteiger partial charge in [-0.3, -0.25) is 24.6 Å². The van der Waals surface area contributed by atoms with Gasteiger partial charge < -0.3 is 19.4 Å². The van der Waals surface area contributed by atoms with Gasteiger partial charge in [-0.1, -0.05) is 42.5 Å². The number of hydrogen-bond acceptors (Lipinski definition) is 9. The third-order valence-electron chi connectivity index (χ3n) is 9.72. The Morgan fingerprint density at radius 2 is 1.62 bits per heavy atom. The number of imide groups is 1. The van der Waals surface area contributed by atoms with Crippen molar-refractivity contribution in [1.29, 1.82) is 0 Å². The van der Waals surface area contributed by atoms with E-state index >= 15 is 0 Å². The predicted octanol–water partition coefficient (Wildman–Crippen LogP) is 3.52. The van der Waals surface area contributed by atoms with Crippen LogP contribution in [0, 0.1) is 0 Å². The quantitative estimate of drug-likeness (QED) is 0.348. The van der Waals surface area contributed by atoms with Crippen molar-refractivity contribution in [1.82, 2.24) is 20.2 Å². The molecule has 11 heteroatoms. The fourth-order valence-corrected chi connectivity index (χ4v) is 7.00. The topological polar surface area (TPSA) is 112 Å². The second-order valence-corrected chi connectivity index (χ2v) is 13.0. The van der Waals surface area contributed by atoms with Crippen molar-refractivity contribution in [3.63, 3.8) is 0 Å². The summed E-state index contributed by atoms with van der Waals surface area (Å²) in [5.74, 6) is -1.15. The van der Waals surface area contributed by atoms with Gasteiger partial charge in [0, 0.05) is 63.5 Å². The van der Waals surface area contributed by atoms with Gasteiger partial charge in [0.1, 0.15) is 6.04 Å². The Labute approximate surface area is 280 Å². The number of rotatable bonds is 9. The van der Waals surface area contributed by atoms with Crippen LogP contribution in [-0.4, -0.2) is 90.0 Å². The van der Waals surface area contributed by atoms with Crippen LogP contribution in [0.15, 0.2) is 72.8 Å². The second-order valence-electron chi connectivity index (χ2n) is 13.0. The molecule has 3 aromatic carbocycles. The largest absolute Gasteiger partial charge is 0.372 e. The number of carbonyl (C=O) groups is 4. The molecular formula is C37H41N5O6. The lowest BCUT2D eigenvalue weighted by atomic mass is 10.0. The number of benzene rings is 3. The maximum atomic E-state index is 13.1. The summed E-state index contributed by atoms with van der Waals surface area (Å²) in [5, 5.41) is 4.08. The van der Waals surface area contributed by atoms with Crippen LogP contribution >= 0.6 is 0 Å². The smallest absolute Gasteiger partial charge is 0.357 e. The predicted molar refractivity (Wildman–Crippen MR) is 178 cm³/mol. The number of amides is 3. The highest BCUT2D eigenvalue weighted by molar-refractivity contribution is 6.05. The molecule has 0 spiro atoms.